The Morgan fingerprint density at radius 1 is 1.18 bits per heavy atom. The van der Waals surface area contributed by atoms with Crippen LogP contribution < -0.4 is 10.6 Å². The second-order valence-corrected chi connectivity index (χ2v) is 13.2. The fourth-order valence-corrected chi connectivity index (χ4v) is 7.85. The van der Waals surface area contributed by atoms with Crippen molar-refractivity contribution in [1.82, 2.24) is 34.6 Å². The van der Waals surface area contributed by atoms with Crippen molar-refractivity contribution in [2.24, 2.45) is 0 Å². The molecule has 7 rings (SSSR count). The van der Waals surface area contributed by atoms with Crippen LogP contribution in [0.25, 0.3) is 38.9 Å². The van der Waals surface area contributed by atoms with Crippen LogP contribution in [0.3, 0.4) is 0 Å². The monoisotopic (exact) mass is 624 g/mol. The first kappa shape index (κ1) is 29.1. The molecule has 0 spiro atoms. The lowest BCUT2D eigenvalue weighted by Crippen LogP contribution is -2.60. The molecule has 0 aliphatic carbocycles. The summed E-state index contributed by atoms with van der Waals surface area (Å²) >= 11 is 1.37. The standard InChI is InChI=1S/C33H33FN8O2S/c1-7-23(43)40-14-20-15-45-30-25-31(41(20)13-19(40)6)38-33(44)42(29-18(5)10-11-35-27(29)16(2)3)32(25)37-28(26(30)34)24-17(4)8-9-22-21(24)12-36-39-22/h7-12,16,19-20H,1,13-15H2,2-6H3,(H,36,39). The third-order valence-electron chi connectivity index (χ3n) is 8.89. The van der Waals surface area contributed by atoms with Crippen LogP contribution in [0.1, 0.15) is 43.5 Å². The van der Waals surface area contributed by atoms with Crippen molar-refractivity contribution in [1.29, 1.82) is 0 Å². The molecule has 5 aromatic rings. The van der Waals surface area contributed by atoms with Crippen LogP contribution >= 0.6 is 11.8 Å². The number of thioether (sulfide) groups is 1. The number of anilines is 1. The summed E-state index contributed by atoms with van der Waals surface area (Å²) in [6.07, 6.45) is 4.73. The zero-order valence-electron chi connectivity index (χ0n) is 25.8. The van der Waals surface area contributed by atoms with Gasteiger partial charge < -0.3 is 9.80 Å². The van der Waals surface area contributed by atoms with Gasteiger partial charge in [-0.15, -0.1) is 11.8 Å². The molecule has 1 saturated heterocycles. The van der Waals surface area contributed by atoms with Crippen LogP contribution in [-0.4, -0.2) is 71.4 Å². The van der Waals surface area contributed by atoms with Crippen molar-refractivity contribution in [3.63, 3.8) is 0 Å². The van der Waals surface area contributed by atoms with Gasteiger partial charge >= 0.3 is 5.69 Å². The summed E-state index contributed by atoms with van der Waals surface area (Å²) in [6.45, 7) is 14.3. The Hall–Kier alpha value is -4.58. The highest BCUT2D eigenvalue weighted by Gasteiger charge is 2.39. The van der Waals surface area contributed by atoms with Gasteiger partial charge in [0.25, 0.3) is 0 Å². The fraction of sp³-hybridized carbons (Fsp3) is 0.333. The van der Waals surface area contributed by atoms with Crippen LogP contribution in [0.4, 0.5) is 10.2 Å². The van der Waals surface area contributed by atoms with Gasteiger partial charge in [-0.3, -0.25) is 14.9 Å². The molecular formula is C33H33FN8O2S. The fourth-order valence-electron chi connectivity index (χ4n) is 6.66. The molecule has 0 saturated carbocycles. The van der Waals surface area contributed by atoms with Crippen molar-refractivity contribution in [3.8, 4) is 16.9 Å². The number of pyridine rings is 2. The molecule has 10 nitrogen and oxygen atoms in total. The summed E-state index contributed by atoms with van der Waals surface area (Å²) in [5.41, 5.74) is 4.30. The van der Waals surface area contributed by atoms with Gasteiger partial charge in [0.15, 0.2) is 11.5 Å². The average Bonchev–Trinajstić information content (AvgIpc) is 3.43. The number of fused-ring (bicyclic) bond motifs is 3. The van der Waals surface area contributed by atoms with E-state index >= 15 is 4.39 Å². The molecule has 2 unspecified atom stereocenters. The Kier molecular flexibility index (Phi) is 6.99. The van der Waals surface area contributed by atoms with E-state index in [0.29, 0.717) is 51.8 Å². The quantitative estimate of drug-likeness (QED) is 0.268. The van der Waals surface area contributed by atoms with Crippen molar-refractivity contribution >= 4 is 45.4 Å². The van der Waals surface area contributed by atoms with E-state index in [1.54, 1.807) is 17.3 Å². The number of carbonyl (C=O) groups is 1. The van der Waals surface area contributed by atoms with Crippen molar-refractivity contribution in [2.45, 2.75) is 57.5 Å². The molecule has 0 bridgehead atoms. The smallest absolute Gasteiger partial charge is 0.348 e. The van der Waals surface area contributed by atoms with E-state index in [9.17, 15) is 9.59 Å². The normalized spacial score (nSPS) is 18.0. The Labute approximate surface area is 263 Å². The van der Waals surface area contributed by atoms with Crippen molar-refractivity contribution in [3.05, 3.63) is 76.4 Å². The molecular weight excluding hydrogens is 591 g/mol. The minimum absolute atomic E-state index is 0.00592. The summed E-state index contributed by atoms with van der Waals surface area (Å²) in [4.78, 5) is 45.6. The predicted octanol–water partition coefficient (Wildman–Crippen LogP) is 5.30. The van der Waals surface area contributed by atoms with Crippen molar-refractivity contribution in [2.75, 3.05) is 23.7 Å². The third kappa shape index (κ3) is 4.45. The molecule has 2 atom stereocenters. The Morgan fingerprint density at radius 3 is 2.73 bits per heavy atom. The van der Waals surface area contributed by atoms with Gasteiger partial charge in [0.2, 0.25) is 5.91 Å². The number of hydrogen-bond acceptors (Lipinski definition) is 8. The third-order valence-corrected chi connectivity index (χ3v) is 10.1. The number of piperazine rings is 1. The number of nitrogens with one attached hydrogen (secondary N) is 1. The first-order chi connectivity index (χ1) is 21.6. The summed E-state index contributed by atoms with van der Waals surface area (Å²) in [7, 11) is 0. The number of benzene rings is 1. The highest BCUT2D eigenvalue weighted by Crippen LogP contribution is 2.45. The van der Waals surface area contributed by atoms with Gasteiger partial charge in [-0.1, -0.05) is 26.5 Å². The van der Waals surface area contributed by atoms with Gasteiger partial charge in [-0.05, 0) is 56.0 Å². The molecule has 1 amide bonds. The van der Waals surface area contributed by atoms with Gasteiger partial charge in [0.1, 0.15) is 11.5 Å². The van der Waals surface area contributed by atoms with Crippen LogP contribution in [0.15, 0.2) is 52.9 Å². The number of nitrogens with zero attached hydrogens (tertiary/aromatic N) is 7. The number of aromatic nitrogens is 6. The van der Waals surface area contributed by atoms with Gasteiger partial charge in [0, 0.05) is 42.0 Å². The lowest BCUT2D eigenvalue weighted by Gasteiger charge is -2.45. The number of aromatic amines is 1. The maximum Gasteiger partial charge on any atom is 0.355 e. The number of H-pyrrole nitrogens is 1. The second kappa shape index (κ2) is 10.8. The number of hydrogen-bond donors (Lipinski definition) is 1. The lowest BCUT2D eigenvalue weighted by molar-refractivity contribution is -0.128. The molecule has 0 radical (unpaired) electrons. The average molecular weight is 625 g/mol. The molecule has 2 aliphatic rings. The topological polar surface area (TPSA) is 113 Å². The van der Waals surface area contributed by atoms with E-state index in [-0.39, 0.29) is 29.6 Å². The number of carbonyl (C=O) groups excluding carboxylic acids is 1. The molecule has 1 aromatic carbocycles. The summed E-state index contributed by atoms with van der Waals surface area (Å²) in [5, 5.41) is 8.40. The first-order valence-corrected chi connectivity index (χ1v) is 16.0. The van der Waals surface area contributed by atoms with Crippen molar-refractivity contribution < 1.29 is 9.18 Å². The number of rotatable bonds is 4. The van der Waals surface area contributed by atoms with E-state index in [1.165, 1.54) is 22.4 Å². The summed E-state index contributed by atoms with van der Waals surface area (Å²) in [6, 6.07) is 5.29. The second-order valence-electron chi connectivity index (χ2n) is 12.1. The minimum Gasteiger partial charge on any atom is -0.348 e. The SMILES string of the molecule is C=CC(=O)N1CC2CSc3c(F)c(-c4c(C)ccc5[nH]ncc45)nc4c3c(nc(=O)n4-c3c(C)ccnc3C(C)C)N2CC1C. The molecule has 45 heavy (non-hydrogen) atoms. The van der Waals surface area contributed by atoms with Gasteiger partial charge in [-0.2, -0.15) is 10.1 Å². The highest BCUT2D eigenvalue weighted by atomic mass is 32.2. The molecule has 1 fully saturated rings. The predicted molar refractivity (Wildman–Crippen MR) is 175 cm³/mol. The van der Waals surface area contributed by atoms with Gasteiger partial charge in [0.05, 0.1) is 39.4 Å². The molecule has 230 valence electrons. The Bertz CT molecular complexity index is 2100. The maximum absolute atomic E-state index is 17.1. The Morgan fingerprint density at radius 2 is 1.98 bits per heavy atom. The van der Waals surface area contributed by atoms with E-state index in [1.807, 2.05) is 52.8 Å². The number of halogens is 1. The molecule has 2 aliphatic heterocycles. The summed E-state index contributed by atoms with van der Waals surface area (Å²) < 4.78 is 18.6. The van der Waals surface area contributed by atoms with Crippen LogP contribution in [0, 0.1) is 19.7 Å². The van der Waals surface area contributed by atoms with E-state index in [2.05, 4.69) is 31.6 Å². The Balaban J connectivity index is 1.59. The zero-order chi connectivity index (χ0) is 31.7. The van der Waals surface area contributed by atoms with Crippen LogP contribution in [-0.2, 0) is 4.79 Å². The summed E-state index contributed by atoms with van der Waals surface area (Å²) in [5.74, 6) is 0.225. The molecule has 1 N–H and O–H groups in total. The minimum atomic E-state index is -0.521. The molecule has 12 heteroatoms. The maximum atomic E-state index is 17.1. The van der Waals surface area contributed by atoms with Gasteiger partial charge in [-0.25, -0.2) is 18.7 Å². The zero-order valence-corrected chi connectivity index (χ0v) is 26.6. The number of amides is 1. The largest absolute Gasteiger partial charge is 0.355 e. The van der Waals surface area contributed by atoms with E-state index in [0.717, 1.165) is 27.7 Å². The van der Waals surface area contributed by atoms with Crippen LogP contribution in [0.5, 0.6) is 0 Å². The van der Waals surface area contributed by atoms with E-state index in [4.69, 9.17) is 4.98 Å². The van der Waals surface area contributed by atoms with Crippen LogP contribution in [0.2, 0.25) is 0 Å². The first-order valence-electron chi connectivity index (χ1n) is 15.0. The lowest BCUT2D eigenvalue weighted by atomic mass is 9.99. The number of aryl methyl sites for hydroxylation is 2. The molecule has 4 aromatic heterocycles. The van der Waals surface area contributed by atoms with E-state index < -0.39 is 11.5 Å². The highest BCUT2D eigenvalue weighted by molar-refractivity contribution is 7.99. The molecule has 6 heterocycles.